The zero-order valence-electron chi connectivity index (χ0n) is 11.7. The van der Waals surface area contributed by atoms with Crippen LogP contribution in [0.1, 0.15) is 46.5 Å². The van der Waals surface area contributed by atoms with Gasteiger partial charge < -0.3 is 15.7 Å². The van der Waals surface area contributed by atoms with Crippen LogP contribution in [-0.4, -0.2) is 40.3 Å². The van der Waals surface area contributed by atoms with Gasteiger partial charge in [0.1, 0.15) is 0 Å². The van der Waals surface area contributed by atoms with Gasteiger partial charge in [0.25, 0.3) is 0 Å². The summed E-state index contributed by atoms with van der Waals surface area (Å²) < 4.78 is 0.178. The van der Waals surface area contributed by atoms with Crippen molar-refractivity contribution in [2.45, 2.75) is 56.7 Å². The van der Waals surface area contributed by atoms with E-state index in [1.807, 2.05) is 25.6 Å². The highest BCUT2D eigenvalue weighted by molar-refractivity contribution is 8.00. The van der Waals surface area contributed by atoms with E-state index in [1.54, 1.807) is 0 Å². The van der Waals surface area contributed by atoms with E-state index in [4.69, 9.17) is 0 Å². The van der Waals surface area contributed by atoms with Crippen LogP contribution in [0.5, 0.6) is 0 Å². The molecular weight excluding hydrogens is 248 g/mol. The minimum atomic E-state index is -0.511. The van der Waals surface area contributed by atoms with E-state index >= 15 is 0 Å². The van der Waals surface area contributed by atoms with Gasteiger partial charge in [0.2, 0.25) is 0 Å². The predicted molar refractivity (Wildman–Crippen MR) is 77.0 cm³/mol. The fourth-order valence-electron chi connectivity index (χ4n) is 2.29. The third-order valence-corrected chi connectivity index (χ3v) is 5.03. The Morgan fingerprint density at radius 3 is 2.78 bits per heavy atom. The van der Waals surface area contributed by atoms with Gasteiger partial charge in [0.15, 0.2) is 0 Å². The average molecular weight is 274 g/mol. The first-order valence-corrected chi connectivity index (χ1v) is 7.72. The summed E-state index contributed by atoms with van der Waals surface area (Å²) in [5.74, 6) is 1.18. The predicted octanol–water partition coefficient (Wildman–Crippen LogP) is 2.12. The van der Waals surface area contributed by atoms with Crippen LogP contribution in [0.15, 0.2) is 0 Å². The van der Waals surface area contributed by atoms with Gasteiger partial charge in [-0.2, -0.15) is 11.8 Å². The molecule has 2 unspecified atom stereocenters. The summed E-state index contributed by atoms with van der Waals surface area (Å²) in [7, 11) is 0. The van der Waals surface area contributed by atoms with Gasteiger partial charge in [-0.05, 0) is 38.9 Å². The van der Waals surface area contributed by atoms with Crippen molar-refractivity contribution in [1.82, 2.24) is 10.6 Å². The SMILES string of the molecule is CCCC(C)(CO)NC(=O)NCC1(C)CCCS1. The molecule has 0 saturated carbocycles. The Kier molecular flexibility index (Phi) is 5.79. The number of amides is 2. The summed E-state index contributed by atoms with van der Waals surface area (Å²) >= 11 is 1.93. The molecule has 0 spiro atoms. The van der Waals surface area contributed by atoms with Crippen molar-refractivity contribution in [3.05, 3.63) is 0 Å². The lowest BCUT2D eigenvalue weighted by atomic mass is 9.97. The van der Waals surface area contributed by atoms with Gasteiger partial charge in [-0.25, -0.2) is 4.79 Å². The second-order valence-corrected chi connectivity index (χ2v) is 7.36. The molecule has 3 N–H and O–H groups in total. The van der Waals surface area contributed by atoms with Crippen LogP contribution in [0.25, 0.3) is 0 Å². The third kappa shape index (κ3) is 4.69. The van der Waals surface area contributed by atoms with Crippen LogP contribution in [0.4, 0.5) is 4.79 Å². The molecule has 0 aromatic rings. The van der Waals surface area contributed by atoms with Gasteiger partial charge in [-0.3, -0.25) is 0 Å². The Labute approximate surface area is 114 Å². The number of hydrogen-bond donors (Lipinski definition) is 3. The number of rotatable bonds is 6. The molecule has 0 aliphatic carbocycles. The largest absolute Gasteiger partial charge is 0.394 e. The highest BCUT2D eigenvalue weighted by Crippen LogP contribution is 2.36. The van der Waals surface area contributed by atoms with Crippen LogP contribution >= 0.6 is 11.8 Å². The Morgan fingerprint density at radius 1 is 1.56 bits per heavy atom. The minimum Gasteiger partial charge on any atom is -0.394 e. The Hall–Kier alpha value is -0.420. The van der Waals surface area contributed by atoms with Gasteiger partial charge in [0, 0.05) is 11.3 Å². The molecule has 0 aromatic carbocycles. The molecular formula is C13H26N2O2S. The maximum Gasteiger partial charge on any atom is 0.315 e. The van der Waals surface area contributed by atoms with Crippen molar-refractivity contribution in [3.63, 3.8) is 0 Å². The zero-order chi connectivity index (χ0) is 13.6. The smallest absolute Gasteiger partial charge is 0.315 e. The lowest BCUT2D eigenvalue weighted by Gasteiger charge is -2.30. The second kappa shape index (κ2) is 6.66. The minimum absolute atomic E-state index is 0.0275. The summed E-state index contributed by atoms with van der Waals surface area (Å²) in [4.78, 5) is 11.8. The van der Waals surface area contributed by atoms with Crippen LogP contribution in [-0.2, 0) is 0 Å². The molecule has 1 aliphatic heterocycles. The summed E-state index contributed by atoms with van der Waals surface area (Å²) in [5.41, 5.74) is -0.511. The molecule has 0 bridgehead atoms. The third-order valence-electron chi connectivity index (χ3n) is 3.49. The van der Waals surface area contributed by atoms with Gasteiger partial charge in [-0.1, -0.05) is 13.3 Å². The van der Waals surface area contributed by atoms with Crippen LogP contribution in [0.2, 0.25) is 0 Å². The standard InChI is InChI=1S/C13H26N2O2S/c1-4-6-12(2,10-16)15-11(17)14-9-13(3)7-5-8-18-13/h16H,4-10H2,1-3H3,(H2,14,15,17). The molecule has 4 nitrogen and oxygen atoms in total. The molecule has 0 radical (unpaired) electrons. The number of urea groups is 1. The number of thioether (sulfide) groups is 1. The van der Waals surface area contributed by atoms with Crippen molar-refractivity contribution >= 4 is 17.8 Å². The number of carbonyl (C=O) groups is 1. The lowest BCUT2D eigenvalue weighted by Crippen LogP contribution is -2.54. The monoisotopic (exact) mass is 274 g/mol. The molecule has 5 heteroatoms. The van der Waals surface area contributed by atoms with Crippen molar-refractivity contribution < 1.29 is 9.90 Å². The number of nitrogens with one attached hydrogen (secondary N) is 2. The number of carbonyl (C=O) groups excluding carboxylic acids is 1. The van der Waals surface area contributed by atoms with E-state index in [9.17, 15) is 9.90 Å². The molecule has 1 aliphatic rings. The molecule has 18 heavy (non-hydrogen) atoms. The summed E-state index contributed by atoms with van der Waals surface area (Å²) in [6.45, 7) is 6.78. The van der Waals surface area contributed by atoms with E-state index < -0.39 is 5.54 Å². The van der Waals surface area contributed by atoms with Crippen molar-refractivity contribution in [2.75, 3.05) is 18.9 Å². The van der Waals surface area contributed by atoms with E-state index in [-0.39, 0.29) is 17.4 Å². The first-order chi connectivity index (χ1) is 8.43. The number of aliphatic hydroxyl groups excluding tert-OH is 1. The van der Waals surface area contributed by atoms with E-state index in [2.05, 4.69) is 17.6 Å². The molecule has 106 valence electrons. The van der Waals surface area contributed by atoms with E-state index in [0.29, 0.717) is 6.54 Å². The fourth-order valence-corrected chi connectivity index (χ4v) is 3.54. The second-order valence-electron chi connectivity index (χ2n) is 5.68. The molecule has 1 rings (SSSR count). The highest BCUT2D eigenvalue weighted by Gasteiger charge is 2.31. The fraction of sp³-hybridized carbons (Fsp3) is 0.923. The van der Waals surface area contributed by atoms with Crippen molar-refractivity contribution in [1.29, 1.82) is 0 Å². The zero-order valence-corrected chi connectivity index (χ0v) is 12.5. The summed E-state index contributed by atoms with van der Waals surface area (Å²) in [6.07, 6.45) is 4.10. The van der Waals surface area contributed by atoms with Crippen LogP contribution in [0, 0.1) is 0 Å². The first-order valence-electron chi connectivity index (χ1n) is 6.74. The highest BCUT2D eigenvalue weighted by atomic mass is 32.2. The Bertz CT molecular complexity index is 280. The maximum absolute atomic E-state index is 11.8. The molecule has 2 amide bonds. The molecule has 1 fully saturated rings. The Morgan fingerprint density at radius 2 is 2.28 bits per heavy atom. The normalized spacial score (nSPS) is 26.7. The first kappa shape index (κ1) is 15.6. The summed E-state index contributed by atoms with van der Waals surface area (Å²) in [5, 5.41) is 15.2. The van der Waals surface area contributed by atoms with Gasteiger partial charge >= 0.3 is 6.03 Å². The van der Waals surface area contributed by atoms with Crippen LogP contribution in [0.3, 0.4) is 0 Å². The maximum atomic E-state index is 11.8. The van der Waals surface area contributed by atoms with Crippen molar-refractivity contribution in [3.8, 4) is 0 Å². The average Bonchev–Trinajstić information content (AvgIpc) is 2.75. The lowest BCUT2D eigenvalue weighted by molar-refractivity contribution is 0.163. The van der Waals surface area contributed by atoms with E-state index in [0.717, 1.165) is 19.3 Å². The molecule has 1 heterocycles. The number of aliphatic hydroxyl groups is 1. The topological polar surface area (TPSA) is 61.4 Å². The molecule has 2 atom stereocenters. The van der Waals surface area contributed by atoms with Gasteiger partial charge in [0.05, 0.1) is 12.1 Å². The summed E-state index contributed by atoms with van der Waals surface area (Å²) in [6, 6.07) is -0.172. The van der Waals surface area contributed by atoms with Gasteiger partial charge in [-0.15, -0.1) is 0 Å². The Balaban J connectivity index is 2.36. The van der Waals surface area contributed by atoms with Crippen LogP contribution < -0.4 is 10.6 Å². The quantitative estimate of drug-likeness (QED) is 0.695. The molecule has 0 aromatic heterocycles. The van der Waals surface area contributed by atoms with E-state index in [1.165, 1.54) is 12.2 Å². The molecule has 1 saturated heterocycles. The number of hydrogen-bond acceptors (Lipinski definition) is 3. The van der Waals surface area contributed by atoms with Crippen molar-refractivity contribution in [2.24, 2.45) is 0 Å².